The Bertz CT molecular complexity index is 883. The third-order valence-electron chi connectivity index (χ3n) is 5.97. The molecule has 0 saturated carbocycles. The number of carbonyl (C=O) groups is 3. The van der Waals surface area contributed by atoms with E-state index in [0.717, 1.165) is 5.56 Å². The van der Waals surface area contributed by atoms with Gasteiger partial charge in [-0.2, -0.15) is 0 Å². The second-order valence-corrected chi connectivity index (χ2v) is 8.88. The summed E-state index contributed by atoms with van der Waals surface area (Å²) in [7, 11) is 0. The molecule has 31 heavy (non-hydrogen) atoms. The van der Waals surface area contributed by atoms with E-state index in [4.69, 9.17) is 0 Å². The van der Waals surface area contributed by atoms with Crippen LogP contribution in [0.4, 0.5) is 0 Å². The first-order chi connectivity index (χ1) is 14.9. The third kappa shape index (κ3) is 5.53. The van der Waals surface area contributed by atoms with Crippen molar-refractivity contribution >= 4 is 29.1 Å². The lowest BCUT2D eigenvalue weighted by molar-refractivity contribution is -0.134. The van der Waals surface area contributed by atoms with Crippen LogP contribution in [0.25, 0.3) is 0 Å². The minimum Gasteiger partial charge on any atom is -0.341 e. The number of thiophene rings is 1. The lowest BCUT2D eigenvalue weighted by Gasteiger charge is -2.37. The Kier molecular flexibility index (Phi) is 7.85. The monoisotopic (exact) mass is 441 g/mol. The van der Waals surface area contributed by atoms with Crippen molar-refractivity contribution in [3.8, 4) is 0 Å². The maximum atomic E-state index is 13.2. The summed E-state index contributed by atoms with van der Waals surface area (Å²) in [5.74, 6) is -0.233. The largest absolute Gasteiger partial charge is 0.341 e. The third-order valence-corrected chi connectivity index (χ3v) is 6.84. The highest BCUT2D eigenvalue weighted by atomic mass is 32.1. The maximum absolute atomic E-state index is 13.2. The van der Waals surface area contributed by atoms with Gasteiger partial charge >= 0.3 is 0 Å². The zero-order chi connectivity index (χ0) is 22.4. The predicted molar refractivity (Wildman–Crippen MR) is 123 cm³/mol. The van der Waals surface area contributed by atoms with Gasteiger partial charge in [0.25, 0.3) is 11.8 Å². The van der Waals surface area contributed by atoms with Crippen LogP contribution in [0.5, 0.6) is 0 Å². The second kappa shape index (κ2) is 10.6. The number of piperidine rings is 1. The van der Waals surface area contributed by atoms with E-state index in [1.165, 1.54) is 11.3 Å². The molecule has 0 radical (unpaired) electrons. The van der Waals surface area contributed by atoms with Crippen molar-refractivity contribution in [2.24, 2.45) is 5.92 Å². The molecule has 1 aliphatic heterocycles. The van der Waals surface area contributed by atoms with Crippen LogP contribution in [-0.4, -0.2) is 59.7 Å². The van der Waals surface area contributed by atoms with E-state index >= 15 is 0 Å². The molecule has 0 spiro atoms. The summed E-state index contributed by atoms with van der Waals surface area (Å²) in [6.45, 7) is 8.25. The van der Waals surface area contributed by atoms with Gasteiger partial charge in [0.15, 0.2) is 0 Å². The van der Waals surface area contributed by atoms with Gasteiger partial charge in [-0.15, -0.1) is 11.3 Å². The molecule has 2 aromatic rings. The van der Waals surface area contributed by atoms with E-state index in [2.05, 4.69) is 5.32 Å². The standard InChI is InChI=1S/C24H31N3O3S/c1-4-26(5-2)24(30)21(25-22(28)20-7-6-16-31-20)18-12-14-27(15-13-18)23(29)19-10-8-17(3)9-11-19/h6-11,16,18,21H,4-5,12-15H2,1-3H3,(H,25,28)/t21-/m1/s1. The summed E-state index contributed by atoms with van der Waals surface area (Å²) >= 11 is 1.36. The molecule has 7 heteroatoms. The summed E-state index contributed by atoms with van der Waals surface area (Å²) in [5.41, 5.74) is 1.81. The quantitative estimate of drug-likeness (QED) is 0.714. The van der Waals surface area contributed by atoms with Crippen molar-refractivity contribution < 1.29 is 14.4 Å². The van der Waals surface area contributed by atoms with Crippen LogP contribution >= 0.6 is 11.3 Å². The lowest BCUT2D eigenvalue weighted by atomic mass is 9.88. The van der Waals surface area contributed by atoms with Crippen LogP contribution in [0.3, 0.4) is 0 Å². The number of nitrogens with one attached hydrogen (secondary N) is 1. The van der Waals surface area contributed by atoms with E-state index < -0.39 is 6.04 Å². The van der Waals surface area contributed by atoms with E-state index in [1.54, 1.807) is 11.0 Å². The molecule has 3 rings (SSSR count). The summed E-state index contributed by atoms with van der Waals surface area (Å²) < 4.78 is 0. The number of benzene rings is 1. The number of aryl methyl sites for hydroxylation is 1. The number of hydrogen-bond donors (Lipinski definition) is 1. The van der Waals surface area contributed by atoms with Gasteiger partial charge in [-0.25, -0.2) is 0 Å². The summed E-state index contributed by atoms with van der Waals surface area (Å²) in [6, 6.07) is 10.6. The van der Waals surface area contributed by atoms with Crippen LogP contribution in [0.2, 0.25) is 0 Å². The van der Waals surface area contributed by atoms with Gasteiger partial charge in [-0.3, -0.25) is 14.4 Å². The normalized spacial score (nSPS) is 15.4. The van der Waals surface area contributed by atoms with E-state index in [1.807, 2.05) is 61.4 Å². The Labute approximate surface area is 188 Å². The van der Waals surface area contributed by atoms with Gasteiger partial charge < -0.3 is 15.1 Å². The van der Waals surface area contributed by atoms with Gasteiger partial charge in [0.2, 0.25) is 5.91 Å². The Morgan fingerprint density at radius 2 is 1.74 bits per heavy atom. The van der Waals surface area contributed by atoms with Crippen LogP contribution in [0.15, 0.2) is 41.8 Å². The number of nitrogens with zero attached hydrogens (tertiary/aromatic N) is 2. The van der Waals surface area contributed by atoms with E-state index in [-0.39, 0.29) is 23.6 Å². The number of hydrogen-bond acceptors (Lipinski definition) is 4. The van der Waals surface area contributed by atoms with Gasteiger partial charge in [-0.1, -0.05) is 23.8 Å². The Balaban J connectivity index is 1.69. The molecule has 0 aliphatic carbocycles. The van der Waals surface area contributed by atoms with Crippen LogP contribution in [0, 0.1) is 12.8 Å². The molecule has 1 aromatic heterocycles. The topological polar surface area (TPSA) is 69.7 Å². The Morgan fingerprint density at radius 3 is 2.29 bits per heavy atom. The average Bonchev–Trinajstić information content (AvgIpc) is 3.33. The summed E-state index contributed by atoms with van der Waals surface area (Å²) in [4.78, 5) is 43.0. The molecule has 3 amide bonds. The van der Waals surface area contributed by atoms with Crippen molar-refractivity contribution in [2.75, 3.05) is 26.2 Å². The number of amides is 3. The fourth-order valence-corrected chi connectivity index (χ4v) is 4.67. The maximum Gasteiger partial charge on any atom is 0.262 e. The number of rotatable bonds is 7. The fraction of sp³-hybridized carbons (Fsp3) is 0.458. The van der Waals surface area contributed by atoms with Gasteiger partial charge in [-0.05, 0) is 63.1 Å². The lowest BCUT2D eigenvalue weighted by Crippen LogP contribution is -2.54. The van der Waals surface area contributed by atoms with Crippen LogP contribution in [0.1, 0.15) is 52.3 Å². The molecule has 1 aromatic carbocycles. The number of carbonyl (C=O) groups excluding carboxylic acids is 3. The molecule has 1 N–H and O–H groups in total. The summed E-state index contributed by atoms with van der Waals surface area (Å²) in [5, 5.41) is 4.85. The zero-order valence-corrected chi connectivity index (χ0v) is 19.3. The zero-order valence-electron chi connectivity index (χ0n) is 18.5. The fourth-order valence-electron chi connectivity index (χ4n) is 4.05. The van der Waals surface area contributed by atoms with Gasteiger partial charge in [0, 0.05) is 31.7 Å². The molecule has 6 nitrogen and oxygen atoms in total. The highest BCUT2D eigenvalue weighted by Gasteiger charge is 2.35. The Hall–Kier alpha value is -2.67. The highest BCUT2D eigenvalue weighted by Crippen LogP contribution is 2.24. The summed E-state index contributed by atoms with van der Waals surface area (Å²) in [6.07, 6.45) is 1.36. The molecule has 0 bridgehead atoms. The first-order valence-electron chi connectivity index (χ1n) is 10.9. The van der Waals surface area contributed by atoms with Gasteiger partial charge in [0.1, 0.15) is 6.04 Å². The molecule has 2 heterocycles. The molecule has 1 aliphatic rings. The first kappa shape index (κ1) is 23.0. The molecular weight excluding hydrogens is 410 g/mol. The number of likely N-dealkylation sites (tertiary alicyclic amines) is 1. The van der Waals surface area contributed by atoms with Crippen LogP contribution < -0.4 is 5.32 Å². The van der Waals surface area contributed by atoms with Crippen LogP contribution in [-0.2, 0) is 4.79 Å². The second-order valence-electron chi connectivity index (χ2n) is 7.93. The average molecular weight is 442 g/mol. The molecule has 166 valence electrons. The molecule has 0 unspecified atom stereocenters. The molecular formula is C24H31N3O3S. The minimum atomic E-state index is -0.578. The Morgan fingerprint density at radius 1 is 1.10 bits per heavy atom. The van der Waals surface area contributed by atoms with E-state index in [9.17, 15) is 14.4 Å². The van der Waals surface area contributed by atoms with Crippen molar-refractivity contribution in [3.63, 3.8) is 0 Å². The smallest absolute Gasteiger partial charge is 0.262 e. The first-order valence-corrected chi connectivity index (χ1v) is 11.8. The van der Waals surface area contributed by atoms with Crippen molar-refractivity contribution in [1.29, 1.82) is 0 Å². The predicted octanol–water partition coefficient (Wildman–Crippen LogP) is 3.58. The minimum absolute atomic E-state index is 0.000852. The van der Waals surface area contributed by atoms with Crippen molar-refractivity contribution in [1.82, 2.24) is 15.1 Å². The molecule has 1 atom stereocenters. The van der Waals surface area contributed by atoms with Gasteiger partial charge in [0.05, 0.1) is 4.88 Å². The van der Waals surface area contributed by atoms with Crippen molar-refractivity contribution in [2.45, 2.75) is 39.7 Å². The molecule has 1 fully saturated rings. The molecule has 1 saturated heterocycles. The number of likely N-dealkylation sites (N-methyl/N-ethyl adjacent to an activating group) is 1. The SMILES string of the molecule is CCN(CC)C(=O)[C@H](NC(=O)c1cccs1)C1CCN(C(=O)c2ccc(C)cc2)CC1. The van der Waals surface area contributed by atoms with E-state index in [0.29, 0.717) is 49.5 Å². The highest BCUT2D eigenvalue weighted by molar-refractivity contribution is 7.12. The van der Waals surface area contributed by atoms with Crippen molar-refractivity contribution in [3.05, 3.63) is 57.8 Å².